The summed E-state index contributed by atoms with van der Waals surface area (Å²) in [6, 6.07) is 13.2. The largest absolute Gasteiger partial charge is 0.460 e. The number of para-hydroxylation sites is 1. The summed E-state index contributed by atoms with van der Waals surface area (Å²) in [5.41, 5.74) is 1.99. The van der Waals surface area contributed by atoms with Gasteiger partial charge in [0.1, 0.15) is 11.5 Å². The summed E-state index contributed by atoms with van der Waals surface area (Å²) >= 11 is 0. The van der Waals surface area contributed by atoms with Gasteiger partial charge >= 0.3 is 0 Å². The second kappa shape index (κ2) is 8.79. The molecule has 3 aromatic rings. The van der Waals surface area contributed by atoms with E-state index in [9.17, 15) is 4.79 Å². The lowest BCUT2D eigenvalue weighted by Crippen LogP contribution is -2.36. The summed E-state index contributed by atoms with van der Waals surface area (Å²) < 4.78 is 16.0. The summed E-state index contributed by atoms with van der Waals surface area (Å²) in [6.07, 6.45) is 0. The molecule has 0 aliphatic carbocycles. The summed E-state index contributed by atoms with van der Waals surface area (Å²) in [5, 5.41) is 0.814. The van der Waals surface area contributed by atoms with Gasteiger partial charge in [-0.2, -0.15) is 0 Å². The molecule has 0 unspecified atom stereocenters. The predicted octanol–water partition coefficient (Wildman–Crippen LogP) is 3.54. The Morgan fingerprint density at radius 3 is 2.41 bits per heavy atom. The number of carbonyl (C=O) groups is 1. The van der Waals surface area contributed by atoms with Gasteiger partial charge in [0.15, 0.2) is 5.76 Å². The number of hydrogen-bond acceptors (Lipinski definition) is 5. The first-order valence-corrected chi connectivity index (χ1v) is 8.87. The molecule has 0 N–H and O–H groups in total. The van der Waals surface area contributed by atoms with Crippen molar-refractivity contribution in [3.63, 3.8) is 0 Å². The summed E-state index contributed by atoms with van der Waals surface area (Å²) in [7, 11) is 3.25. The molecule has 2 aromatic heterocycles. The lowest BCUT2D eigenvalue weighted by atomic mass is 10.1. The molecule has 0 bridgehead atoms. The number of pyridine rings is 1. The smallest absolute Gasteiger partial charge is 0.254 e. The number of fused-ring (bicyclic) bond motifs is 1. The summed E-state index contributed by atoms with van der Waals surface area (Å²) in [6.45, 7) is 3.79. The van der Waals surface area contributed by atoms with E-state index in [1.54, 1.807) is 25.2 Å². The maximum atomic E-state index is 13.3. The second-order valence-corrected chi connectivity index (χ2v) is 6.26. The van der Waals surface area contributed by atoms with Gasteiger partial charge in [-0.25, -0.2) is 4.98 Å². The Balaban J connectivity index is 2.06. The van der Waals surface area contributed by atoms with Crippen LogP contribution in [0.2, 0.25) is 0 Å². The Bertz CT molecular complexity index is 911. The van der Waals surface area contributed by atoms with Crippen molar-refractivity contribution in [2.24, 2.45) is 0 Å². The van der Waals surface area contributed by atoms with Crippen LogP contribution in [0.25, 0.3) is 22.4 Å². The number of nitrogens with zero attached hydrogens (tertiary/aromatic N) is 2. The third kappa shape index (κ3) is 4.35. The number of carbonyl (C=O) groups excluding carboxylic acids is 1. The molecule has 0 spiro atoms. The molecule has 0 saturated heterocycles. The molecule has 0 atom stereocenters. The minimum Gasteiger partial charge on any atom is -0.460 e. The first-order chi connectivity index (χ1) is 13.1. The third-order valence-electron chi connectivity index (χ3n) is 4.36. The van der Waals surface area contributed by atoms with Crippen LogP contribution in [0.5, 0.6) is 0 Å². The topological polar surface area (TPSA) is 64.8 Å². The highest BCUT2D eigenvalue weighted by molar-refractivity contribution is 6.07. The van der Waals surface area contributed by atoms with Crippen LogP contribution in [0, 0.1) is 6.92 Å². The molecule has 6 heteroatoms. The maximum Gasteiger partial charge on any atom is 0.254 e. The lowest BCUT2D eigenvalue weighted by molar-refractivity contribution is 0.0629. The van der Waals surface area contributed by atoms with E-state index in [0.717, 1.165) is 16.7 Å². The first-order valence-electron chi connectivity index (χ1n) is 8.87. The van der Waals surface area contributed by atoms with Gasteiger partial charge in [0.05, 0.1) is 24.3 Å². The van der Waals surface area contributed by atoms with Crippen LogP contribution in [-0.4, -0.2) is 56.3 Å². The third-order valence-corrected chi connectivity index (χ3v) is 4.36. The van der Waals surface area contributed by atoms with E-state index in [0.29, 0.717) is 43.3 Å². The standard InChI is InChI=1S/C21H24N2O4/c1-15-8-9-20(27-15)19-14-17(16-6-4-5-7-18(16)22-19)21(24)23(10-12-25-2)11-13-26-3/h4-9,14H,10-13H2,1-3H3. The SMILES string of the molecule is COCCN(CCOC)C(=O)c1cc(-c2ccc(C)o2)nc2ccccc12. The van der Waals surface area contributed by atoms with Crippen molar-refractivity contribution in [1.29, 1.82) is 0 Å². The van der Waals surface area contributed by atoms with Gasteiger partial charge in [-0.3, -0.25) is 4.79 Å². The highest BCUT2D eigenvalue weighted by Gasteiger charge is 2.20. The van der Waals surface area contributed by atoms with Crippen LogP contribution in [0.15, 0.2) is 46.9 Å². The molecule has 1 amide bonds. The average molecular weight is 368 g/mol. The zero-order valence-electron chi connectivity index (χ0n) is 15.9. The van der Waals surface area contributed by atoms with Crippen LogP contribution in [-0.2, 0) is 9.47 Å². The Labute approximate surface area is 158 Å². The Kier molecular flexibility index (Phi) is 6.21. The Morgan fingerprint density at radius 2 is 1.78 bits per heavy atom. The fourth-order valence-corrected chi connectivity index (χ4v) is 2.94. The molecule has 27 heavy (non-hydrogen) atoms. The van der Waals surface area contributed by atoms with Crippen molar-refractivity contribution in [3.8, 4) is 11.5 Å². The zero-order chi connectivity index (χ0) is 19.2. The van der Waals surface area contributed by atoms with Gasteiger partial charge in [0.2, 0.25) is 0 Å². The van der Waals surface area contributed by atoms with Gasteiger partial charge in [0, 0.05) is 32.7 Å². The molecule has 0 aliphatic rings. The van der Waals surface area contributed by atoms with Crippen molar-refractivity contribution in [2.75, 3.05) is 40.5 Å². The Morgan fingerprint density at radius 1 is 1.07 bits per heavy atom. The molecule has 2 heterocycles. The zero-order valence-corrected chi connectivity index (χ0v) is 15.9. The van der Waals surface area contributed by atoms with Crippen molar-refractivity contribution in [1.82, 2.24) is 9.88 Å². The molecule has 6 nitrogen and oxygen atoms in total. The summed E-state index contributed by atoms with van der Waals surface area (Å²) in [5.74, 6) is 1.37. The number of rotatable bonds is 8. The molecule has 1 aromatic carbocycles. The van der Waals surface area contributed by atoms with E-state index >= 15 is 0 Å². The monoisotopic (exact) mass is 368 g/mol. The number of methoxy groups -OCH3 is 2. The van der Waals surface area contributed by atoms with E-state index in [1.807, 2.05) is 43.3 Å². The van der Waals surface area contributed by atoms with Gasteiger partial charge in [-0.15, -0.1) is 0 Å². The highest BCUT2D eigenvalue weighted by Crippen LogP contribution is 2.27. The first kappa shape index (κ1) is 19.1. The van der Waals surface area contributed by atoms with Gasteiger partial charge in [0.25, 0.3) is 5.91 Å². The lowest BCUT2D eigenvalue weighted by Gasteiger charge is -2.23. The molecule has 3 rings (SSSR count). The van der Waals surface area contributed by atoms with Gasteiger partial charge in [-0.1, -0.05) is 18.2 Å². The number of aryl methyl sites for hydroxylation is 1. The number of aromatic nitrogens is 1. The van der Waals surface area contributed by atoms with Crippen LogP contribution >= 0.6 is 0 Å². The van der Waals surface area contributed by atoms with E-state index < -0.39 is 0 Å². The second-order valence-electron chi connectivity index (χ2n) is 6.26. The van der Waals surface area contributed by atoms with E-state index in [4.69, 9.17) is 13.9 Å². The number of amides is 1. The molecule has 0 saturated carbocycles. The molecule has 142 valence electrons. The van der Waals surface area contributed by atoms with E-state index in [-0.39, 0.29) is 5.91 Å². The van der Waals surface area contributed by atoms with Crippen molar-refractivity contribution in [3.05, 3.63) is 53.8 Å². The molecule has 0 radical (unpaired) electrons. The van der Waals surface area contributed by atoms with Crippen LogP contribution < -0.4 is 0 Å². The van der Waals surface area contributed by atoms with Gasteiger partial charge in [-0.05, 0) is 31.2 Å². The van der Waals surface area contributed by atoms with Crippen LogP contribution in [0.3, 0.4) is 0 Å². The van der Waals surface area contributed by atoms with Crippen molar-refractivity contribution < 1.29 is 18.7 Å². The fourth-order valence-electron chi connectivity index (χ4n) is 2.94. The number of benzene rings is 1. The number of hydrogen-bond donors (Lipinski definition) is 0. The average Bonchev–Trinajstić information content (AvgIpc) is 3.13. The maximum absolute atomic E-state index is 13.3. The van der Waals surface area contributed by atoms with E-state index in [2.05, 4.69) is 4.98 Å². The predicted molar refractivity (Wildman–Crippen MR) is 104 cm³/mol. The van der Waals surface area contributed by atoms with E-state index in [1.165, 1.54) is 0 Å². The quantitative estimate of drug-likeness (QED) is 0.608. The van der Waals surface area contributed by atoms with Crippen LogP contribution in [0.4, 0.5) is 0 Å². The molecule has 0 fully saturated rings. The molecular weight excluding hydrogens is 344 g/mol. The van der Waals surface area contributed by atoms with Gasteiger partial charge < -0.3 is 18.8 Å². The number of furan rings is 1. The van der Waals surface area contributed by atoms with Crippen LogP contribution in [0.1, 0.15) is 16.1 Å². The minimum absolute atomic E-state index is 0.0766. The normalized spacial score (nSPS) is 11.1. The minimum atomic E-state index is -0.0766. The van der Waals surface area contributed by atoms with Crippen molar-refractivity contribution in [2.45, 2.75) is 6.92 Å². The summed E-state index contributed by atoms with van der Waals surface area (Å²) in [4.78, 5) is 19.7. The number of ether oxygens (including phenoxy) is 2. The highest BCUT2D eigenvalue weighted by atomic mass is 16.5. The Hall–Kier alpha value is -2.70. The molecule has 0 aliphatic heterocycles. The van der Waals surface area contributed by atoms with Crippen molar-refractivity contribution >= 4 is 16.8 Å². The fraction of sp³-hybridized carbons (Fsp3) is 0.333. The molecular formula is C21H24N2O4.